The minimum atomic E-state index is 0.520. The third-order valence-corrected chi connectivity index (χ3v) is 5.34. The normalized spacial score (nSPS) is 20.7. The van der Waals surface area contributed by atoms with E-state index in [9.17, 15) is 0 Å². The van der Waals surface area contributed by atoms with Gasteiger partial charge in [0.1, 0.15) is 11.5 Å². The molecule has 0 saturated carbocycles. The zero-order valence-corrected chi connectivity index (χ0v) is 16.1. The van der Waals surface area contributed by atoms with Crippen molar-refractivity contribution in [2.75, 3.05) is 20.8 Å². The van der Waals surface area contributed by atoms with Crippen molar-refractivity contribution in [3.63, 3.8) is 0 Å². The summed E-state index contributed by atoms with van der Waals surface area (Å²) in [7, 11) is 3.42. The van der Waals surface area contributed by atoms with Gasteiger partial charge in [-0.2, -0.15) is 0 Å². The molecule has 26 heavy (non-hydrogen) atoms. The van der Waals surface area contributed by atoms with E-state index < -0.39 is 0 Å². The number of hydrogen-bond acceptors (Lipinski definition) is 4. The van der Waals surface area contributed by atoms with E-state index in [1.54, 1.807) is 14.2 Å². The zero-order valence-electron chi connectivity index (χ0n) is 16.1. The van der Waals surface area contributed by atoms with Gasteiger partial charge in [0.15, 0.2) is 0 Å². The average Bonchev–Trinajstić information content (AvgIpc) is 2.68. The lowest BCUT2D eigenvalue weighted by molar-refractivity contribution is 0.128. The number of methoxy groups -OCH3 is 2. The average molecular weight is 354 g/mol. The van der Waals surface area contributed by atoms with Gasteiger partial charge in [-0.15, -0.1) is 0 Å². The summed E-state index contributed by atoms with van der Waals surface area (Å²) in [5.41, 5.74) is 2.49. The molecule has 4 heteroatoms. The van der Waals surface area contributed by atoms with Crippen molar-refractivity contribution in [2.24, 2.45) is 0 Å². The fourth-order valence-electron chi connectivity index (χ4n) is 3.81. The molecule has 1 aliphatic rings. The second-order valence-electron chi connectivity index (χ2n) is 7.05. The summed E-state index contributed by atoms with van der Waals surface area (Å²) in [6.45, 7) is 5.26. The Kier molecular flexibility index (Phi) is 6.53. The van der Waals surface area contributed by atoms with Crippen LogP contribution in [0, 0.1) is 0 Å². The molecule has 2 atom stereocenters. The van der Waals surface area contributed by atoms with Gasteiger partial charge in [0.25, 0.3) is 0 Å². The van der Waals surface area contributed by atoms with Crippen molar-refractivity contribution < 1.29 is 9.47 Å². The maximum absolute atomic E-state index is 5.50. The third kappa shape index (κ3) is 4.57. The van der Waals surface area contributed by atoms with Crippen LogP contribution in [0.15, 0.2) is 48.5 Å². The number of piperidine rings is 1. The number of ether oxygens (including phenoxy) is 2. The van der Waals surface area contributed by atoms with Gasteiger partial charge in [0.2, 0.25) is 0 Å². The van der Waals surface area contributed by atoms with E-state index in [1.807, 2.05) is 18.2 Å². The van der Waals surface area contributed by atoms with Crippen LogP contribution in [0.3, 0.4) is 0 Å². The molecule has 1 N–H and O–H groups in total. The van der Waals surface area contributed by atoms with Crippen LogP contribution in [-0.2, 0) is 13.1 Å². The Morgan fingerprint density at radius 3 is 2.31 bits per heavy atom. The highest BCUT2D eigenvalue weighted by Crippen LogP contribution is 2.29. The van der Waals surface area contributed by atoms with Crippen LogP contribution in [0.1, 0.15) is 30.9 Å². The van der Waals surface area contributed by atoms with Crippen LogP contribution < -0.4 is 14.8 Å². The lowest BCUT2D eigenvalue weighted by Gasteiger charge is -2.38. The van der Waals surface area contributed by atoms with Gasteiger partial charge in [0, 0.05) is 37.3 Å². The Hall–Kier alpha value is -2.04. The predicted molar refractivity (Wildman–Crippen MR) is 106 cm³/mol. The number of benzene rings is 2. The van der Waals surface area contributed by atoms with Gasteiger partial charge in [-0.05, 0) is 37.5 Å². The number of hydrogen-bond donors (Lipinski definition) is 1. The quantitative estimate of drug-likeness (QED) is 0.819. The highest BCUT2D eigenvalue weighted by atomic mass is 16.5. The van der Waals surface area contributed by atoms with E-state index in [2.05, 4.69) is 47.5 Å². The fraction of sp³-hybridized carbons (Fsp3) is 0.455. The van der Waals surface area contributed by atoms with Crippen molar-refractivity contribution in [3.05, 3.63) is 59.7 Å². The van der Waals surface area contributed by atoms with Crippen LogP contribution >= 0.6 is 0 Å². The Balaban J connectivity index is 1.55. The van der Waals surface area contributed by atoms with E-state index in [0.717, 1.165) is 49.5 Å². The van der Waals surface area contributed by atoms with E-state index >= 15 is 0 Å². The standard InChI is InChI=1S/C22H30N2O2/c1-17-14-19(12-13-24(17)16-18-8-5-4-6-9-18)23-15-20-21(25-2)10-7-11-22(20)26-3/h4-11,17,19,23H,12-16H2,1-3H3/t17-,19-/m0/s1. The molecule has 0 radical (unpaired) electrons. The summed E-state index contributed by atoms with van der Waals surface area (Å²) < 4.78 is 11.0. The van der Waals surface area contributed by atoms with Gasteiger partial charge < -0.3 is 14.8 Å². The van der Waals surface area contributed by atoms with E-state index in [0.29, 0.717) is 12.1 Å². The fourth-order valence-corrected chi connectivity index (χ4v) is 3.81. The van der Waals surface area contributed by atoms with Gasteiger partial charge >= 0.3 is 0 Å². The van der Waals surface area contributed by atoms with Gasteiger partial charge in [0.05, 0.1) is 14.2 Å². The zero-order chi connectivity index (χ0) is 18.4. The molecule has 140 valence electrons. The molecule has 4 nitrogen and oxygen atoms in total. The lowest BCUT2D eigenvalue weighted by Crippen LogP contribution is -2.46. The van der Waals surface area contributed by atoms with Gasteiger partial charge in [-0.3, -0.25) is 4.90 Å². The summed E-state index contributed by atoms with van der Waals surface area (Å²) in [6, 6.07) is 17.8. The second kappa shape index (κ2) is 9.06. The molecule has 1 aliphatic heterocycles. The first-order chi connectivity index (χ1) is 12.7. The summed E-state index contributed by atoms with van der Waals surface area (Å²) in [5.74, 6) is 1.76. The summed E-state index contributed by atoms with van der Waals surface area (Å²) in [6.07, 6.45) is 2.32. The van der Waals surface area contributed by atoms with Gasteiger partial charge in [-0.1, -0.05) is 36.4 Å². The Morgan fingerprint density at radius 1 is 1.00 bits per heavy atom. The van der Waals surface area contributed by atoms with E-state index in [4.69, 9.17) is 9.47 Å². The highest BCUT2D eigenvalue weighted by Gasteiger charge is 2.25. The Bertz CT molecular complexity index is 668. The molecule has 0 bridgehead atoms. The van der Waals surface area contributed by atoms with Crippen LogP contribution in [0.4, 0.5) is 0 Å². The molecule has 1 fully saturated rings. The minimum Gasteiger partial charge on any atom is -0.496 e. The molecular weight excluding hydrogens is 324 g/mol. The van der Waals surface area contributed by atoms with E-state index in [1.165, 1.54) is 5.56 Å². The first-order valence-corrected chi connectivity index (χ1v) is 9.42. The van der Waals surface area contributed by atoms with Crippen molar-refractivity contribution in [1.29, 1.82) is 0 Å². The largest absolute Gasteiger partial charge is 0.496 e. The molecule has 0 aliphatic carbocycles. The minimum absolute atomic E-state index is 0.520. The number of nitrogens with zero attached hydrogens (tertiary/aromatic N) is 1. The van der Waals surface area contributed by atoms with Crippen molar-refractivity contribution in [1.82, 2.24) is 10.2 Å². The first-order valence-electron chi connectivity index (χ1n) is 9.42. The molecule has 3 rings (SSSR count). The monoisotopic (exact) mass is 354 g/mol. The third-order valence-electron chi connectivity index (χ3n) is 5.34. The Morgan fingerprint density at radius 2 is 1.69 bits per heavy atom. The summed E-state index contributed by atoms with van der Waals surface area (Å²) in [5, 5.41) is 3.72. The predicted octanol–water partition coefficient (Wildman–Crippen LogP) is 3.85. The first kappa shape index (κ1) is 18.7. The molecule has 1 heterocycles. The lowest BCUT2D eigenvalue weighted by atomic mass is 9.97. The van der Waals surface area contributed by atoms with Crippen LogP contribution in [0.5, 0.6) is 11.5 Å². The summed E-state index contributed by atoms with van der Waals surface area (Å²) in [4.78, 5) is 2.58. The van der Waals surface area contributed by atoms with E-state index in [-0.39, 0.29) is 0 Å². The number of rotatable bonds is 7. The SMILES string of the molecule is COc1cccc(OC)c1CN[C@H]1CCN(Cc2ccccc2)[C@@H](C)C1. The van der Waals surface area contributed by atoms with Gasteiger partial charge in [-0.25, -0.2) is 0 Å². The highest BCUT2D eigenvalue weighted by molar-refractivity contribution is 5.44. The smallest absolute Gasteiger partial charge is 0.127 e. The van der Waals surface area contributed by atoms with Crippen LogP contribution in [-0.4, -0.2) is 37.7 Å². The van der Waals surface area contributed by atoms with Crippen molar-refractivity contribution in [3.8, 4) is 11.5 Å². The van der Waals surface area contributed by atoms with Crippen LogP contribution in [0.2, 0.25) is 0 Å². The molecule has 1 saturated heterocycles. The maximum atomic E-state index is 5.50. The number of likely N-dealkylation sites (tertiary alicyclic amines) is 1. The van der Waals surface area contributed by atoms with Crippen molar-refractivity contribution >= 4 is 0 Å². The molecule has 2 aromatic carbocycles. The summed E-state index contributed by atoms with van der Waals surface area (Å²) >= 11 is 0. The van der Waals surface area contributed by atoms with Crippen LogP contribution in [0.25, 0.3) is 0 Å². The molecule has 0 unspecified atom stereocenters. The maximum Gasteiger partial charge on any atom is 0.127 e. The molecule has 0 amide bonds. The van der Waals surface area contributed by atoms with Crippen molar-refractivity contribution in [2.45, 2.75) is 44.9 Å². The molecule has 2 aromatic rings. The Labute approximate surface area is 157 Å². The number of nitrogens with one attached hydrogen (secondary N) is 1. The molecular formula is C22H30N2O2. The topological polar surface area (TPSA) is 33.7 Å². The molecule has 0 spiro atoms. The second-order valence-corrected chi connectivity index (χ2v) is 7.05. The molecule has 0 aromatic heterocycles.